The summed E-state index contributed by atoms with van der Waals surface area (Å²) in [5.74, 6) is 0.540. The fourth-order valence-electron chi connectivity index (χ4n) is 3.03. The van der Waals surface area contributed by atoms with Crippen LogP contribution in [-0.2, 0) is 0 Å². The third-order valence-corrected chi connectivity index (χ3v) is 6.46. The van der Waals surface area contributed by atoms with E-state index in [0.717, 1.165) is 35.3 Å². The molecule has 0 amide bonds. The normalized spacial score (nSPS) is 19.8. The van der Waals surface area contributed by atoms with Crippen LogP contribution in [0.3, 0.4) is 0 Å². The lowest BCUT2D eigenvalue weighted by molar-refractivity contribution is 0.481. The molecular weight excluding hydrogens is 324 g/mol. The van der Waals surface area contributed by atoms with Crippen molar-refractivity contribution in [3.8, 4) is 17.2 Å². The van der Waals surface area contributed by atoms with Crippen molar-refractivity contribution < 1.29 is 9.11 Å². The van der Waals surface area contributed by atoms with Crippen LogP contribution in [0.15, 0.2) is 36.5 Å². The van der Waals surface area contributed by atoms with Crippen LogP contribution >= 0.6 is 11.0 Å². The smallest absolute Gasteiger partial charge is 0.148 e. The second-order valence-corrected chi connectivity index (χ2v) is 8.17. The molecule has 4 rings (SSSR count). The molecule has 0 unspecified atom stereocenters. The van der Waals surface area contributed by atoms with Gasteiger partial charge in [0.25, 0.3) is 0 Å². The first kappa shape index (κ1) is 15.3. The van der Waals surface area contributed by atoms with Gasteiger partial charge < -0.3 is 0 Å². The number of benzene rings is 1. The number of rotatable bonds is 3. The van der Waals surface area contributed by atoms with Gasteiger partial charge in [0.2, 0.25) is 0 Å². The third-order valence-electron chi connectivity index (χ3n) is 4.59. The highest BCUT2D eigenvalue weighted by atomic mass is 32.3. The lowest BCUT2D eigenvalue weighted by atomic mass is 10.0. The third kappa shape index (κ3) is 2.31. The number of aromatic nitrogens is 1. The SMILES string of the molecule is CN1c2cc(-c3cccnc3C#N)ccc2N(CC2CC2)S1(O)O. The molecule has 1 aliphatic heterocycles. The highest BCUT2D eigenvalue weighted by Gasteiger charge is 2.41. The molecule has 1 aliphatic carbocycles. The van der Waals surface area contributed by atoms with Crippen LogP contribution in [0.2, 0.25) is 0 Å². The first-order valence-electron chi connectivity index (χ1n) is 7.81. The van der Waals surface area contributed by atoms with E-state index in [0.29, 0.717) is 18.2 Å². The van der Waals surface area contributed by atoms with E-state index in [1.54, 1.807) is 23.6 Å². The van der Waals surface area contributed by atoms with E-state index < -0.39 is 11.0 Å². The number of hydrogen-bond acceptors (Lipinski definition) is 6. The van der Waals surface area contributed by atoms with Gasteiger partial charge in [0.05, 0.1) is 11.4 Å². The maximum atomic E-state index is 10.6. The fourth-order valence-corrected chi connectivity index (χ4v) is 4.56. The molecule has 1 aromatic heterocycles. The van der Waals surface area contributed by atoms with E-state index in [-0.39, 0.29) is 0 Å². The molecule has 6 nitrogen and oxygen atoms in total. The first-order valence-corrected chi connectivity index (χ1v) is 9.28. The van der Waals surface area contributed by atoms with Gasteiger partial charge in [0.1, 0.15) is 11.8 Å². The molecule has 1 saturated carbocycles. The van der Waals surface area contributed by atoms with Crippen molar-refractivity contribution in [2.24, 2.45) is 5.92 Å². The maximum absolute atomic E-state index is 10.6. The molecule has 2 heterocycles. The van der Waals surface area contributed by atoms with Gasteiger partial charge in [-0.1, -0.05) is 6.07 Å². The summed E-state index contributed by atoms with van der Waals surface area (Å²) < 4.78 is 24.5. The predicted octanol–water partition coefficient (Wildman–Crippen LogP) is 3.87. The molecule has 7 heteroatoms. The quantitative estimate of drug-likeness (QED) is 0.881. The van der Waals surface area contributed by atoms with Gasteiger partial charge in [-0.2, -0.15) is 5.26 Å². The molecule has 2 N–H and O–H groups in total. The van der Waals surface area contributed by atoms with Crippen molar-refractivity contribution >= 4 is 22.3 Å². The minimum atomic E-state index is -3.01. The van der Waals surface area contributed by atoms with Crippen molar-refractivity contribution in [1.29, 1.82) is 5.26 Å². The standard InChI is InChI=1S/C17H18N4O2S/c1-20-17-9-13(14-3-2-8-19-15(14)10-18)6-7-16(17)21(24(20,22)23)11-12-4-5-12/h2-3,6-9,12,22-23H,4-5,11H2,1H3. The Morgan fingerprint density at radius 1 is 1.29 bits per heavy atom. The Labute approximate surface area is 142 Å². The molecule has 0 atom stereocenters. The van der Waals surface area contributed by atoms with Crippen LogP contribution in [0, 0.1) is 17.2 Å². The molecule has 124 valence electrons. The summed E-state index contributed by atoms with van der Waals surface area (Å²) in [6, 6.07) is 11.5. The summed E-state index contributed by atoms with van der Waals surface area (Å²) in [5.41, 5.74) is 3.54. The zero-order valence-corrected chi connectivity index (χ0v) is 14.1. The van der Waals surface area contributed by atoms with Gasteiger partial charge in [-0.15, -0.1) is 0 Å². The predicted molar refractivity (Wildman–Crippen MR) is 95.7 cm³/mol. The van der Waals surface area contributed by atoms with Gasteiger partial charge in [0.15, 0.2) is 0 Å². The molecule has 0 spiro atoms. The zero-order chi connectivity index (χ0) is 16.9. The highest BCUT2D eigenvalue weighted by molar-refractivity contribution is 8.26. The van der Waals surface area contributed by atoms with Crippen molar-refractivity contribution in [2.75, 3.05) is 22.2 Å². The highest BCUT2D eigenvalue weighted by Crippen LogP contribution is 2.61. The van der Waals surface area contributed by atoms with Gasteiger partial charge in [0, 0.05) is 25.4 Å². The molecular formula is C17H18N4O2S. The van der Waals surface area contributed by atoms with Gasteiger partial charge in [-0.05, 0) is 59.6 Å². The molecule has 2 aromatic rings. The maximum Gasteiger partial charge on any atom is 0.148 e. The Morgan fingerprint density at radius 3 is 2.79 bits per heavy atom. The number of fused-ring (bicyclic) bond motifs is 1. The van der Waals surface area contributed by atoms with Crippen molar-refractivity contribution in [1.82, 2.24) is 4.98 Å². The molecule has 0 saturated heterocycles. The van der Waals surface area contributed by atoms with E-state index in [9.17, 15) is 14.4 Å². The van der Waals surface area contributed by atoms with Crippen LogP contribution in [0.1, 0.15) is 18.5 Å². The van der Waals surface area contributed by atoms with E-state index in [4.69, 9.17) is 0 Å². The minimum absolute atomic E-state index is 0.361. The van der Waals surface area contributed by atoms with Crippen LogP contribution in [0.4, 0.5) is 11.4 Å². The molecule has 2 aliphatic rings. The van der Waals surface area contributed by atoms with E-state index >= 15 is 0 Å². The number of hydrogen-bond donors (Lipinski definition) is 2. The van der Waals surface area contributed by atoms with Crippen LogP contribution in [0.25, 0.3) is 11.1 Å². The average Bonchev–Trinajstić information content (AvgIpc) is 3.39. The molecule has 0 bridgehead atoms. The first-order chi connectivity index (χ1) is 11.5. The Hall–Kier alpha value is -2.27. The summed E-state index contributed by atoms with van der Waals surface area (Å²) in [4.78, 5) is 4.10. The van der Waals surface area contributed by atoms with Crippen molar-refractivity contribution in [2.45, 2.75) is 12.8 Å². The minimum Gasteiger partial charge on any atom is -0.264 e. The van der Waals surface area contributed by atoms with Crippen LogP contribution in [0.5, 0.6) is 0 Å². The second-order valence-electron chi connectivity index (χ2n) is 6.21. The van der Waals surface area contributed by atoms with Crippen LogP contribution in [-0.4, -0.2) is 27.7 Å². The summed E-state index contributed by atoms with van der Waals surface area (Å²) >= 11 is 0. The Balaban J connectivity index is 1.79. The van der Waals surface area contributed by atoms with E-state index in [2.05, 4.69) is 11.1 Å². The number of anilines is 2. The summed E-state index contributed by atoms with van der Waals surface area (Å²) in [6.45, 7) is 0.662. The Morgan fingerprint density at radius 2 is 2.08 bits per heavy atom. The summed E-state index contributed by atoms with van der Waals surface area (Å²) in [7, 11) is -1.31. The lowest BCUT2D eigenvalue weighted by Crippen LogP contribution is -2.32. The Bertz CT molecular complexity index is 845. The number of nitriles is 1. The summed E-state index contributed by atoms with van der Waals surface area (Å²) in [6.07, 6.45) is 3.88. The van der Waals surface area contributed by atoms with Gasteiger partial charge >= 0.3 is 0 Å². The largest absolute Gasteiger partial charge is 0.264 e. The Kier molecular flexibility index (Phi) is 3.42. The molecule has 1 fully saturated rings. The van der Waals surface area contributed by atoms with E-state index in [1.165, 1.54) is 4.31 Å². The monoisotopic (exact) mass is 342 g/mol. The second kappa shape index (κ2) is 5.38. The van der Waals surface area contributed by atoms with E-state index in [1.807, 2.05) is 24.3 Å². The van der Waals surface area contributed by atoms with Crippen LogP contribution < -0.4 is 8.61 Å². The lowest BCUT2D eigenvalue weighted by Gasteiger charge is -2.42. The number of nitrogens with zero attached hydrogens (tertiary/aromatic N) is 4. The van der Waals surface area contributed by atoms with Crippen molar-refractivity contribution in [3.63, 3.8) is 0 Å². The van der Waals surface area contributed by atoms with Gasteiger partial charge in [-0.25, -0.2) is 4.98 Å². The topological polar surface area (TPSA) is 83.6 Å². The molecule has 1 aromatic carbocycles. The zero-order valence-electron chi connectivity index (χ0n) is 13.3. The molecule has 0 radical (unpaired) electrons. The number of pyridine rings is 1. The summed E-state index contributed by atoms with van der Waals surface area (Å²) in [5, 5.41) is 9.25. The molecule has 24 heavy (non-hydrogen) atoms. The fraction of sp³-hybridized carbons (Fsp3) is 0.294. The van der Waals surface area contributed by atoms with Crippen molar-refractivity contribution in [3.05, 3.63) is 42.2 Å². The average molecular weight is 342 g/mol. The van der Waals surface area contributed by atoms with Gasteiger partial charge in [-0.3, -0.25) is 17.7 Å².